The standard InChI is InChI=1S/C7H13NO3/c9-5-2-1-4-3-6(10)7(5,11)8-4/h4-6,8-11H,1-3H2/t4?,5?,6?,7-/m0/s1. The third-order valence-corrected chi connectivity index (χ3v) is 2.75. The lowest BCUT2D eigenvalue weighted by Crippen LogP contribution is -2.60. The number of aliphatic hydroxyl groups is 3. The van der Waals surface area contributed by atoms with E-state index >= 15 is 0 Å². The van der Waals surface area contributed by atoms with Gasteiger partial charge in [-0.05, 0) is 19.3 Å². The lowest BCUT2D eigenvalue weighted by Gasteiger charge is -2.35. The van der Waals surface area contributed by atoms with Gasteiger partial charge in [0.05, 0.1) is 6.10 Å². The number of nitrogens with one attached hydrogen (secondary N) is 1. The fraction of sp³-hybridized carbons (Fsp3) is 1.00. The average molecular weight is 159 g/mol. The highest BCUT2D eigenvalue weighted by Crippen LogP contribution is 2.33. The smallest absolute Gasteiger partial charge is 0.168 e. The molecule has 2 heterocycles. The van der Waals surface area contributed by atoms with Crippen LogP contribution < -0.4 is 5.32 Å². The maximum atomic E-state index is 9.65. The molecule has 0 aromatic rings. The van der Waals surface area contributed by atoms with Gasteiger partial charge < -0.3 is 15.3 Å². The molecule has 2 aliphatic heterocycles. The van der Waals surface area contributed by atoms with Gasteiger partial charge in [-0.2, -0.15) is 0 Å². The molecule has 0 aromatic carbocycles. The molecule has 2 saturated heterocycles. The topological polar surface area (TPSA) is 72.7 Å². The van der Waals surface area contributed by atoms with E-state index in [2.05, 4.69) is 5.32 Å². The van der Waals surface area contributed by atoms with Gasteiger partial charge in [-0.3, -0.25) is 5.32 Å². The van der Waals surface area contributed by atoms with Crippen molar-refractivity contribution in [3.63, 3.8) is 0 Å². The van der Waals surface area contributed by atoms with E-state index in [-0.39, 0.29) is 6.04 Å². The second-order valence-corrected chi connectivity index (χ2v) is 3.51. The maximum Gasteiger partial charge on any atom is 0.168 e. The quantitative estimate of drug-likeness (QED) is 0.349. The van der Waals surface area contributed by atoms with Crippen LogP contribution in [0.3, 0.4) is 0 Å². The van der Waals surface area contributed by atoms with Crippen LogP contribution in [0.2, 0.25) is 0 Å². The minimum atomic E-state index is -1.43. The molecule has 0 radical (unpaired) electrons. The summed E-state index contributed by atoms with van der Waals surface area (Å²) in [5.41, 5.74) is -1.43. The number of rotatable bonds is 0. The van der Waals surface area contributed by atoms with E-state index in [1.807, 2.05) is 0 Å². The van der Waals surface area contributed by atoms with Crippen LogP contribution in [0.25, 0.3) is 0 Å². The predicted molar refractivity (Wildman–Crippen MR) is 37.7 cm³/mol. The van der Waals surface area contributed by atoms with Crippen molar-refractivity contribution in [1.29, 1.82) is 0 Å². The Hall–Kier alpha value is -0.160. The molecular weight excluding hydrogens is 146 g/mol. The molecule has 0 aliphatic carbocycles. The van der Waals surface area contributed by atoms with E-state index < -0.39 is 17.9 Å². The zero-order chi connectivity index (χ0) is 8.06. The molecule has 3 unspecified atom stereocenters. The van der Waals surface area contributed by atoms with Gasteiger partial charge in [0.1, 0.15) is 6.10 Å². The van der Waals surface area contributed by atoms with Gasteiger partial charge in [-0.25, -0.2) is 0 Å². The Morgan fingerprint density at radius 1 is 1.18 bits per heavy atom. The van der Waals surface area contributed by atoms with E-state index in [1.54, 1.807) is 0 Å². The summed E-state index contributed by atoms with van der Waals surface area (Å²) in [4.78, 5) is 0. The molecular formula is C7H13NO3. The predicted octanol–water partition coefficient (Wildman–Crippen LogP) is -1.45. The lowest BCUT2D eigenvalue weighted by molar-refractivity contribution is -0.153. The lowest BCUT2D eigenvalue weighted by atomic mass is 9.98. The first-order valence-corrected chi connectivity index (χ1v) is 3.99. The molecule has 4 heteroatoms. The summed E-state index contributed by atoms with van der Waals surface area (Å²) in [5.74, 6) is 0. The van der Waals surface area contributed by atoms with E-state index in [9.17, 15) is 15.3 Å². The van der Waals surface area contributed by atoms with Crippen LogP contribution in [-0.4, -0.2) is 39.3 Å². The van der Waals surface area contributed by atoms with Gasteiger partial charge >= 0.3 is 0 Å². The van der Waals surface area contributed by atoms with Crippen molar-refractivity contribution >= 4 is 0 Å². The van der Waals surface area contributed by atoms with Gasteiger partial charge in [0, 0.05) is 6.04 Å². The SMILES string of the molecule is OC1CCC2CC(O)[C@]1(O)N2. The van der Waals surface area contributed by atoms with Gasteiger partial charge in [0.2, 0.25) is 0 Å². The number of fused-ring (bicyclic) bond motifs is 2. The molecule has 4 N–H and O–H groups in total. The summed E-state index contributed by atoms with van der Waals surface area (Å²) in [6, 6.07) is 0.179. The van der Waals surface area contributed by atoms with Crippen LogP contribution in [0.4, 0.5) is 0 Å². The first kappa shape index (κ1) is 7.49. The van der Waals surface area contributed by atoms with Gasteiger partial charge in [-0.15, -0.1) is 0 Å². The van der Waals surface area contributed by atoms with E-state index in [0.717, 1.165) is 6.42 Å². The summed E-state index contributed by atoms with van der Waals surface area (Å²) in [6.07, 6.45) is 0.320. The largest absolute Gasteiger partial charge is 0.389 e. The summed E-state index contributed by atoms with van der Waals surface area (Å²) in [5, 5.41) is 31.2. The van der Waals surface area contributed by atoms with Crippen molar-refractivity contribution in [2.45, 2.75) is 43.2 Å². The number of piperidine rings is 1. The number of hydrogen-bond acceptors (Lipinski definition) is 4. The number of hydrogen-bond donors (Lipinski definition) is 4. The molecule has 2 rings (SSSR count). The monoisotopic (exact) mass is 159 g/mol. The average Bonchev–Trinajstić information content (AvgIpc) is 2.19. The van der Waals surface area contributed by atoms with E-state index in [4.69, 9.17) is 0 Å². The molecule has 0 saturated carbocycles. The van der Waals surface area contributed by atoms with Crippen LogP contribution in [0.5, 0.6) is 0 Å². The minimum absolute atomic E-state index is 0.179. The molecule has 2 bridgehead atoms. The van der Waals surface area contributed by atoms with Crippen molar-refractivity contribution in [1.82, 2.24) is 5.32 Å². The summed E-state index contributed by atoms with van der Waals surface area (Å²) < 4.78 is 0. The fourth-order valence-corrected chi connectivity index (χ4v) is 2.02. The highest BCUT2D eigenvalue weighted by atomic mass is 16.4. The summed E-state index contributed by atoms with van der Waals surface area (Å²) in [6.45, 7) is 0. The molecule has 4 nitrogen and oxygen atoms in total. The van der Waals surface area contributed by atoms with Crippen molar-refractivity contribution in [3.05, 3.63) is 0 Å². The van der Waals surface area contributed by atoms with E-state index in [0.29, 0.717) is 12.8 Å². The van der Waals surface area contributed by atoms with Crippen molar-refractivity contribution in [2.24, 2.45) is 0 Å². The zero-order valence-electron chi connectivity index (χ0n) is 6.20. The molecule has 4 atom stereocenters. The highest BCUT2D eigenvalue weighted by molar-refractivity contribution is 5.04. The third-order valence-electron chi connectivity index (χ3n) is 2.75. The van der Waals surface area contributed by atoms with E-state index in [1.165, 1.54) is 0 Å². The van der Waals surface area contributed by atoms with Crippen LogP contribution in [-0.2, 0) is 0 Å². The molecule has 2 aliphatic rings. The second-order valence-electron chi connectivity index (χ2n) is 3.51. The van der Waals surface area contributed by atoms with Crippen molar-refractivity contribution in [2.75, 3.05) is 0 Å². The van der Waals surface area contributed by atoms with Crippen LogP contribution >= 0.6 is 0 Å². The molecule has 0 aromatic heterocycles. The highest BCUT2D eigenvalue weighted by Gasteiger charge is 2.52. The molecule has 2 fully saturated rings. The molecule has 0 amide bonds. The summed E-state index contributed by atoms with van der Waals surface area (Å²) >= 11 is 0. The summed E-state index contributed by atoms with van der Waals surface area (Å²) in [7, 11) is 0. The minimum Gasteiger partial charge on any atom is -0.389 e. The Kier molecular flexibility index (Phi) is 1.47. The Morgan fingerprint density at radius 2 is 1.91 bits per heavy atom. The molecule has 11 heavy (non-hydrogen) atoms. The first-order valence-electron chi connectivity index (χ1n) is 3.99. The Balaban J connectivity index is 2.23. The first-order chi connectivity index (χ1) is 5.13. The third kappa shape index (κ3) is 0.906. The molecule has 64 valence electrons. The molecule has 0 spiro atoms. The van der Waals surface area contributed by atoms with Gasteiger partial charge in [-0.1, -0.05) is 0 Å². The Labute approximate surface area is 64.8 Å². The van der Waals surface area contributed by atoms with Crippen molar-refractivity contribution in [3.8, 4) is 0 Å². The maximum absolute atomic E-state index is 9.65. The normalized spacial score (nSPS) is 56.5. The van der Waals surface area contributed by atoms with Gasteiger partial charge in [0.15, 0.2) is 5.72 Å². The van der Waals surface area contributed by atoms with Crippen LogP contribution in [0, 0.1) is 0 Å². The van der Waals surface area contributed by atoms with Crippen molar-refractivity contribution < 1.29 is 15.3 Å². The van der Waals surface area contributed by atoms with Gasteiger partial charge in [0.25, 0.3) is 0 Å². The Bertz CT molecular complexity index is 169. The fourth-order valence-electron chi connectivity index (χ4n) is 2.02. The number of aliphatic hydroxyl groups excluding tert-OH is 2. The second kappa shape index (κ2) is 2.17. The Morgan fingerprint density at radius 3 is 2.55 bits per heavy atom. The van der Waals surface area contributed by atoms with Crippen LogP contribution in [0.1, 0.15) is 19.3 Å². The van der Waals surface area contributed by atoms with Crippen LogP contribution in [0.15, 0.2) is 0 Å². The zero-order valence-corrected chi connectivity index (χ0v) is 6.20.